The highest BCUT2D eigenvalue weighted by Gasteiger charge is 2.48. The Morgan fingerprint density at radius 1 is 1.35 bits per heavy atom. The van der Waals surface area contributed by atoms with Crippen LogP contribution in [-0.2, 0) is 9.53 Å². The van der Waals surface area contributed by atoms with Crippen LogP contribution in [0.4, 0.5) is 0 Å². The van der Waals surface area contributed by atoms with E-state index in [2.05, 4.69) is 43.0 Å². The number of carbonyl (C=O) groups is 1. The van der Waals surface area contributed by atoms with Gasteiger partial charge < -0.3 is 25.0 Å². The number of hydrogen-bond donors (Lipinski definition) is 3. The first-order valence-electron chi connectivity index (χ1n) is 9.74. The zero-order valence-electron chi connectivity index (χ0n) is 16.2. The molecule has 0 bridgehead atoms. The van der Waals surface area contributed by atoms with Crippen molar-refractivity contribution in [2.24, 2.45) is 5.92 Å². The Morgan fingerprint density at radius 3 is 2.62 bits per heavy atom. The van der Waals surface area contributed by atoms with E-state index in [1.807, 2.05) is 11.1 Å². The molecule has 0 unspecified atom stereocenters. The van der Waals surface area contributed by atoms with Gasteiger partial charge in [-0.05, 0) is 6.42 Å². The Bertz CT molecular complexity index is 610. The molecule has 7 nitrogen and oxygen atoms in total. The number of aliphatic hydroxyl groups is 1. The number of ether oxygens (including phenoxy) is 1. The lowest BCUT2D eigenvalue weighted by molar-refractivity contribution is -0.142. The number of morpholine rings is 1. The number of nitrogens with zero attached hydrogens (tertiary/aromatic N) is 2. The summed E-state index contributed by atoms with van der Waals surface area (Å²) < 4.78 is 5.35. The third-order valence-electron chi connectivity index (χ3n) is 5.43. The maximum absolute atomic E-state index is 13.0. The molecular formula is C19H32N4O3. The van der Waals surface area contributed by atoms with Crippen molar-refractivity contribution >= 4 is 5.91 Å². The molecule has 3 rings (SSSR count). The number of nitrogens with one attached hydrogen (secondary N) is 2. The fraction of sp³-hybridized carbons (Fsp3) is 0.789. The van der Waals surface area contributed by atoms with E-state index in [0.29, 0.717) is 38.6 Å². The first-order valence-corrected chi connectivity index (χ1v) is 9.74. The van der Waals surface area contributed by atoms with Gasteiger partial charge in [-0.2, -0.15) is 0 Å². The average molecular weight is 364 g/mol. The van der Waals surface area contributed by atoms with Gasteiger partial charge in [0, 0.05) is 48.9 Å². The van der Waals surface area contributed by atoms with Gasteiger partial charge in [0.15, 0.2) is 0 Å². The van der Waals surface area contributed by atoms with E-state index >= 15 is 0 Å². The van der Waals surface area contributed by atoms with Gasteiger partial charge in [0.2, 0.25) is 5.91 Å². The van der Waals surface area contributed by atoms with E-state index in [1.165, 1.54) is 0 Å². The van der Waals surface area contributed by atoms with Crippen molar-refractivity contribution in [2.75, 3.05) is 26.3 Å². The van der Waals surface area contributed by atoms with Crippen molar-refractivity contribution in [3.63, 3.8) is 0 Å². The molecule has 2 aliphatic rings. The molecule has 1 aromatic rings. The Morgan fingerprint density at radius 2 is 2.04 bits per heavy atom. The Kier molecular flexibility index (Phi) is 5.99. The van der Waals surface area contributed by atoms with Crippen LogP contribution in [0.3, 0.4) is 0 Å². The van der Waals surface area contributed by atoms with Crippen molar-refractivity contribution in [1.82, 2.24) is 20.2 Å². The Labute approximate surface area is 155 Å². The molecule has 0 radical (unpaired) electrons. The van der Waals surface area contributed by atoms with Crippen LogP contribution in [0.1, 0.15) is 57.5 Å². The van der Waals surface area contributed by atoms with Gasteiger partial charge in [-0.3, -0.25) is 4.79 Å². The van der Waals surface area contributed by atoms with Gasteiger partial charge >= 0.3 is 0 Å². The number of hydrogen-bond acceptors (Lipinski definition) is 5. The number of carbonyl (C=O) groups excluding carboxylic acids is 1. The lowest BCUT2D eigenvalue weighted by Crippen LogP contribution is -2.45. The lowest BCUT2D eigenvalue weighted by atomic mass is 9.95. The minimum absolute atomic E-state index is 0.0421. The topological polar surface area (TPSA) is 90.5 Å². The molecule has 2 heterocycles. The minimum atomic E-state index is -0.720. The molecular weight excluding hydrogens is 332 g/mol. The van der Waals surface area contributed by atoms with Gasteiger partial charge in [0.1, 0.15) is 5.82 Å². The third-order valence-corrected chi connectivity index (χ3v) is 5.43. The first kappa shape index (κ1) is 19.3. The summed E-state index contributed by atoms with van der Waals surface area (Å²) in [4.78, 5) is 22.7. The summed E-state index contributed by atoms with van der Waals surface area (Å²) in [7, 11) is 0. The monoisotopic (exact) mass is 364 g/mol. The smallest absolute Gasteiger partial charge is 0.228 e. The maximum atomic E-state index is 13.0. The molecule has 3 N–H and O–H groups in total. The molecule has 1 saturated heterocycles. The average Bonchev–Trinajstić information content (AvgIpc) is 3.19. The molecule has 1 aliphatic heterocycles. The molecule has 1 amide bonds. The van der Waals surface area contributed by atoms with E-state index in [-0.39, 0.29) is 29.8 Å². The minimum Gasteiger partial charge on any atom is -0.392 e. The summed E-state index contributed by atoms with van der Waals surface area (Å²) in [6.07, 6.45) is 1.73. The van der Waals surface area contributed by atoms with Crippen molar-refractivity contribution < 1.29 is 14.6 Å². The SMILES string of the molecule is CC(C)N[C@@H]1C[C@H](C(=O)N2CCOCC2)[C@@H](O)[C@H]1c1cnc(C(C)C)[nH]1. The lowest BCUT2D eigenvalue weighted by Gasteiger charge is -2.30. The van der Waals surface area contributed by atoms with Crippen LogP contribution in [0, 0.1) is 5.92 Å². The molecule has 1 aliphatic carbocycles. The largest absolute Gasteiger partial charge is 0.392 e. The number of imidazole rings is 1. The molecule has 4 atom stereocenters. The van der Waals surface area contributed by atoms with Gasteiger partial charge in [-0.25, -0.2) is 4.98 Å². The van der Waals surface area contributed by atoms with Crippen LogP contribution < -0.4 is 5.32 Å². The van der Waals surface area contributed by atoms with Gasteiger partial charge in [-0.15, -0.1) is 0 Å². The molecule has 26 heavy (non-hydrogen) atoms. The molecule has 146 valence electrons. The zero-order valence-corrected chi connectivity index (χ0v) is 16.2. The molecule has 0 spiro atoms. The van der Waals surface area contributed by atoms with Crippen molar-refractivity contribution in [1.29, 1.82) is 0 Å². The first-order chi connectivity index (χ1) is 12.4. The van der Waals surface area contributed by atoms with Crippen LogP contribution in [0.2, 0.25) is 0 Å². The summed E-state index contributed by atoms with van der Waals surface area (Å²) >= 11 is 0. The summed E-state index contributed by atoms with van der Waals surface area (Å²) in [6.45, 7) is 10.7. The predicted octanol–water partition coefficient (Wildman–Crippen LogP) is 1.22. The van der Waals surface area contributed by atoms with Crippen molar-refractivity contribution in [2.45, 2.75) is 64.1 Å². The number of H-pyrrole nitrogens is 1. The van der Waals surface area contributed by atoms with Crippen molar-refractivity contribution in [3.8, 4) is 0 Å². The number of rotatable bonds is 5. The van der Waals surface area contributed by atoms with Gasteiger partial charge in [0.05, 0.1) is 25.2 Å². The molecule has 7 heteroatoms. The van der Waals surface area contributed by atoms with E-state index in [9.17, 15) is 9.90 Å². The van der Waals surface area contributed by atoms with Gasteiger partial charge in [-0.1, -0.05) is 27.7 Å². The highest BCUT2D eigenvalue weighted by molar-refractivity contribution is 5.80. The standard InChI is InChI=1S/C19H32N4O3/c1-11(2)18-20-10-15(22-18)16-14(21-12(3)4)9-13(17(16)24)19(25)23-5-7-26-8-6-23/h10-14,16-17,21,24H,5-9H2,1-4H3,(H,20,22)/t13-,14+,16+,17+/m0/s1. The number of aromatic nitrogens is 2. The molecule has 1 saturated carbocycles. The predicted molar refractivity (Wildman–Crippen MR) is 99.0 cm³/mol. The highest BCUT2D eigenvalue weighted by Crippen LogP contribution is 2.40. The van der Waals surface area contributed by atoms with Crippen LogP contribution in [-0.4, -0.2) is 70.4 Å². The normalized spacial score (nSPS) is 29.7. The molecule has 0 aromatic carbocycles. The summed E-state index contributed by atoms with van der Waals surface area (Å²) in [5, 5.41) is 14.6. The summed E-state index contributed by atoms with van der Waals surface area (Å²) in [6, 6.07) is 0.319. The summed E-state index contributed by atoms with van der Waals surface area (Å²) in [5.41, 5.74) is 0.914. The Hall–Kier alpha value is -1.44. The van der Waals surface area contributed by atoms with Crippen LogP contribution in [0.5, 0.6) is 0 Å². The van der Waals surface area contributed by atoms with E-state index < -0.39 is 6.10 Å². The maximum Gasteiger partial charge on any atom is 0.228 e. The van der Waals surface area contributed by atoms with E-state index in [1.54, 1.807) is 0 Å². The van der Waals surface area contributed by atoms with Crippen molar-refractivity contribution in [3.05, 3.63) is 17.7 Å². The second-order valence-electron chi connectivity index (χ2n) is 8.10. The van der Waals surface area contributed by atoms with Crippen LogP contribution in [0.15, 0.2) is 6.20 Å². The zero-order chi connectivity index (χ0) is 18.8. The quantitative estimate of drug-likeness (QED) is 0.731. The number of aromatic amines is 1. The second kappa shape index (κ2) is 8.06. The Balaban J connectivity index is 1.81. The number of aliphatic hydroxyl groups excluding tert-OH is 1. The fourth-order valence-electron chi connectivity index (χ4n) is 4.13. The molecule has 1 aromatic heterocycles. The van der Waals surface area contributed by atoms with Gasteiger partial charge in [0.25, 0.3) is 0 Å². The fourth-order valence-corrected chi connectivity index (χ4v) is 4.13. The second-order valence-corrected chi connectivity index (χ2v) is 8.10. The van der Waals surface area contributed by atoms with E-state index in [0.717, 1.165) is 11.5 Å². The number of amides is 1. The summed E-state index contributed by atoms with van der Waals surface area (Å²) in [5.74, 6) is 0.707. The highest BCUT2D eigenvalue weighted by atomic mass is 16.5. The van der Waals surface area contributed by atoms with Crippen LogP contribution in [0.25, 0.3) is 0 Å². The molecule has 2 fully saturated rings. The van der Waals surface area contributed by atoms with Crippen LogP contribution >= 0.6 is 0 Å². The third kappa shape index (κ3) is 3.94. The van der Waals surface area contributed by atoms with E-state index in [4.69, 9.17) is 4.74 Å².